The van der Waals surface area contributed by atoms with Gasteiger partial charge in [-0.2, -0.15) is 4.99 Å². The fourth-order valence-electron chi connectivity index (χ4n) is 2.46. The third kappa shape index (κ3) is 5.35. The van der Waals surface area contributed by atoms with Crippen LogP contribution < -0.4 is 10.1 Å². The molecule has 3 aromatic rings. The largest absolute Gasteiger partial charge is 0.465 e. The van der Waals surface area contributed by atoms with Crippen LogP contribution in [0.15, 0.2) is 34.8 Å². The summed E-state index contributed by atoms with van der Waals surface area (Å²) in [6.07, 6.45) is 7.06. The summed E-state index contributed by atoms with van der Waals surface area (Å²) in [7, 11) is 1.31. The highest BCUT2D eigenvalue weighted by atomic mass is 32.2. The van der Waals surface area contributed by atoms with Gasteiger partial charge in [-0.25, -0.2) is 9.78 Å². The van der Waals surface area contributed by atoms with Crippen LogP contribution in [0.5, 0.6) is 0 Å². The van der Waals surface area contributed by atoms with Crippen LogP contribution in [-0.2, 0) is 20.9 Å². The second kappa shape index (κ2) is 10.2. The lowest BCUT2D eigenvalue weighted by atomic mass is 10.2. The molecule has 0 aliphatic heterocycles. The number of benzene rings is 1. The number of nitrogens with one attached hydrogen (secondary N) is 1. The first kappa shape index (κ1) is 21.8. The molecule has 3 rings (SSSR count). The number of hydrogen-bond donors (Lipinski definition) is 1. The molecule has 0 unspecified atom stereocenters. The van der Waals surface area contributed by atoms with E-state index >= 15 is 0 Å². The molecular weight excluding hydrogens is 444 g/mol. The van der Waals surface area contributed by atoms with Gasteiger partial charge in [0.1, 0.15) is 0 Å². The predicted octanol–water partition coefficient (Wildman–Crippen LogP) is 2.38. The van der Waals surface area contributed by atoms with Crippen molar-refractivity contribution in [3.05, 3.63) is 40.1 Å². The summed E-state index contributed by atoms with van der Waals surface area (Å²) in [5.41, 5.74) is 1.17. The molecule has 0 saturated heterocycles. The first-order valence-electron chi connectivity index (χ1n) is 8.51. The molecule has 154 valence electrons. The highest BCUT2D eigenvalue weighted by molar-refractivity contribution is 8.00. The Morgan fingerprint density at radius 3 is 2.90 bits per heavy atom. The summed E-state index contributed by atoms with van der Waals surface area (Å²) in [5, 5.41) is 4.93. The fourth-order valence-corrected chi connectivity index (χ4v) is 4.69. The van der Waals surface area contributed by atoms with Gasteiger partial charge in [-0.1, -0.05) is 17.3 Å². The number of nitrogens with zero attached hydrogens (tertiary/aromatic N) is 3. The van der Waals surface area contributed by atoms with Crippen molar-refractivity contribution in [3.63, 3.8) is 0 Å². The van der Waals surface area contributed by atoms with Gasteiger partial charge in [-0.05, 0) is 18.2 Å². The van der Waals surface area contributed by atoms with Gasteiger partial charge in [0, 0.05) is 11.6 Å². The number of anilines is 1. The van der Waals surface area contributed by atoms with Crippen molar-refractivity contribution >= 4 is 67.6 Å². The Morgan fingerprint density at radius 1 is 1.37 bits per heavy atom. The molecule has 0 bridgehead atoms. The van der Waals surface area contributed by atoms with Crippen LogP contribution in [0.1, 0.15) is 10.4 Å². The number of hydrogen-bond acceptors (Lipinski definition) is 8. The van der Waals surface area contributed by atoms with Gasteiger partial charge >= 0.3 is 5.97 Å². The smallest absolute Gasteiger partial charge is 0.337 e. The molecular formula is C19H16N4O4S3. The average molecular weight is 461 g/mol. The maximum Gasteiger partial charge on any atom is 0.337 e. The highest BCUT2D eigenvalue weighted by Gasteiger charge is 2.12. The number of esters is 1. The first-order chi connectivity index (χ1) is 14.5. The molecule has 2 aromatic heterocycles. The lowest BCUT2D eigenvalue weighted by Crippen LogP contribution is -2.18. The van der Waals surface area contributed by atoms with Gasteiger partial charge in [-0.15, -0.1) is 29.5 Å². The SMILES string of the molecule is C#CCn1c(=NC(=O)CSCC(=O)Nc2nccs2)sc2cc(C(=O)OC)ccc21. The van der Waals surface area contributed by atoms with E-state index in [4.69, 9.17) is 11.2 Å². The van der Waals surface area contributed by atoms with Crippen molar-refractivity contribution < 1.29 is 19.1 Å². The fraction of sp³-hybridized carbons (Fsp3) is 0.211. The number of rotatable bonds is 7. The predicted molar refractivity (Wildman–Crippen MR) is 119 cm³/mol. The highest BCUT2D eigenvalue weighted by Crippen LogP contribution is 2.20. The molecule has 8 nitrogen and oxygen atoms in total. The van der Waals surface area contributed by atoms with Crippen LogP contribution in [0.4, 0.5) is 5.13 Å². The molecule has 0 radical (unpaired) electrons. The van der Waals surface area contributed by atoms with Gasteiger partial charge in [-0.3, -0.25) is 9.59 Å². The summed E-state index contributed by atoms with van der Waals surface area (Å²) in [4.78, 5) is 44.5. The Kier molecular flexibility index (Phi) is 7.40. The van der Waals surface area contributed by atoms with Crippen LogP contribution in [0.25, 0.3) is 10.2 Å². The van der Waals surface area contributed by atoms with Crippen LogP contribution >= 0.6 is 34.4 Å². The minimum absolute atomic E-state index is 0.0446. The third-order valence-corrected chi connectivity index (χ3v) is 6.36. The van der Waals surface area contributed by atoms with E-state index in [1.165, 1.54) is 29.8 Å². The molecule has 0 aliphatic carbocycles. The summed E-state index contributed by atoms with van der Waals surface area (Å²) in [6, 6.07) is 5.06. The Hall–Kier alpha value is -2.94. The standard InChI is InChI=1S/C19H16N4O4S3/c1-3-7-23-13-5-4-12(17(26)27-2)9-14(13)30-19(23)22-16(25)11-28-10-15(24)21-18-20-6-8-29-18/h1,4-6,8-9H,7,10-11H2,2H3,(H,20,21,24). The van der Waals surface area contributed by atoms with Crippen molar-refractivity contribution in [2.24, 2.45) is 4.99 Å². The van der Waals surface area contributed by atoms with Crippen molar-refractivity contribution in [2.75, 3.05) is 23.9 Å². The van der Waals surface area contributed by atoms with Crippen LogP contribution in [0, 0.1) is 12.3 Å². The summed E-state index contributed by atoms with van der Waals surface area (Å²) in [5.74, 6) is 1.64. The number of aromatic nitrogens is 2. The van der Waals surface area contributed by atoms with Crippen LogP contribution in [-0.4, -0.2) is 46.0 Å². The molecule has 0 fully saturated rings. The number of fused-ring (bicyclic) bond motifs is 1. The van der Waals surface area contributed by atoms with Gasteiger partial charge in [0.2, 0.25) is 5.91 Å². The number of terminal acetylenes is 1. The Bertz CT molecular complexity index is 1190. The van der Waals surface area contributed by atoms with Crippen LogP contribution in [0.3, 0.4) is 0 Å². The quantitative estimate of drug-likeness (QED) is 0.429. The van der Waals surface area contributed by atoms with Gasteiger partial charge in [0.05, 0.1) is 40.9 Å². The molecule has 2 heterocycles. The van der Waals surface area contributed by atoms with E-state index in [1.54, 1.807) is 34.3 Å². The van der Waals surface area contributed by atoms with E-state index in [1.807, 2.05) is 0 Å². The lowest BCUT2D eigenvalue weighted by Gasteiger charge is -2.02. The van der Waals surface area contributed by atoms with E-state index in [-0.39, 0.29) is 29.9 Å². The van der Waals surface area contributed by atoms with Gasteiger partial charge in [0.25, 0.3) is 5.91 Å². The second-order valence-electron chi connectivity index (χ2n) is 5.73. The van der Waals surface area contributed by atoms with Gasteiger partial charge in [0.15, 0.2) is 9.93 Å². The second-order valence-corrected chi connectivity index (χ2v) is 8.62. The normalized spacial score (nSPS) is 11.3. The van der Waals surface area contributed by atoms with Crippen LogP contribution in [0.2, 0.25) is 0 Å². The summed E-state index contributed by atoms with van der Waals surface area (Å²) in [6.45, 7) is 0.229. The lowest BCUT2D eigenvalue weighted by molar-refractivity contribution is -0.115. The molecule has 11 heteroatoms. The third-order valence-electron chi connectivity index (χ3n) is 3.71. The zero-order valence-corrected chi connectivity index (χ0v) is 18.2. The maximum absolute atomic E-state index is 12.3. The molecule has 2 amide bonds. The monoisotopic (exact) mass is 460 g/mol. The van der Waals surface area contributed by atoms with E-state index < -0.39 is 5.97 Å². The van der Waals surface area contributed by atoms with Crippen molar-refractivity contribution in [2.45, 2.75) is 6.54 Å². The van der Waals surface area contributed by atoms with Gasteiger partial charge < -0.3 is 14.6 Å². The number of carbonyl (C=O) groups is 3. The summed E-state index contributed by atoms with van der Waals surface area (Å²) >= 11 is 3.74. The molecule has 0 aliphatic rings. The molecule has 1 aromatic carbocycles. The Labute approximate surface area is 184 Å². The zero-order valence-electron chi connectivity index (χ0n) is 15.8. The molecule has 0 atom stereocenters. The number of ether oxygens (including phenoxy) is 1. The number of amides is 2. The Morgan fingerprint density at radius 2 is 2.20 bits per heavy atom. The maximum atomic E-state index is 12.3. The van der Waals surface area contributed by atoms with Crippen molar-refractivity contribution in [3.8, 4) is 12.3 Å². The minimum Gasteiger partial charge on any atom is -0.465 e. The minimum atomic E-state index is -0.448. The number of methoxy groups -OCH3 is 1. The number of carbonyl (C=O) groups excluding carboxylic acids is 3. The Balaban J connectivity index is 1.72. The summed E-state index contributed by atoms with van der Waals surface area (Å²) < 4.78 is 7.24. The van der Waals surface area contributed by atoms with E-state index in [9.17, 15) is 14.4 Å². The average Bonchev–Trinajstić information content (AvgIpc) is 3.35. The topological polar surface area (TPSA) is 103 Å². The number of thiazole rings is 2. The van der Waals surface area contributed by atoms with E-state index in [0.29, 0.717) is 15.5 Å². The zero-order chi connectivity index (χ0) is 21.5. The molecule has 0 saturated carbocycles. The van der Waals surface area contributed by atoms with E-state index in [0.717, 1.165) is 22.0 Å². The first-order valence-corrected chi connectivity index (χ1v) is 11.4. The molecule has 1 N–H and O–H groups in total. The van der Waals surface area contributed by atoms with E-state index in [2.05, 4.69) is 21.2 Å². The number of thioether (sulfide) groups is 1. The van der Waals surface area contributed by atoms with Crippen molar-refractivity contribution in [1.82, 2.24) is 9.55 Å². The van der Waals surface area contributed by atoms with Crippen molar-refractivity contribution in [1.29, 1.82) is 0 Å². The molecule has 0 spiro atoms. The molecule has 30 heavy (non-hydrogen) atoms.